The van der Waals surface area contributed by atoms with Gasteiger partial charge in [-0.1, -0.05) is 42.1 Å². The Balaban J connectivity index is 1.48. The maximum absolute atomic E-state index is 13.0. The number of sulfonamides is 1. The number of rotatable bonds is 5. The highest BCUT2D eigenvalue weighted by molar-refractivity contribution is 7.89. The summed E-state index contributed by atoms with van der Waals surface area (Å²) in [7, 11) is -3.67. The van der Waals surface area contributed by atoms with Crippen LogP contribution in [0, 0.1) is 11.8 Å². The Hall–Kier alpha value is -1.98. The zero-order valence-electron chi connectivity index (χ0n) is 17.2. The van der Waals surface area contributed by atoms with Crippen LogP contribution in [0.25, 0.3) is 11.5 Å². The molecule has 3 heterocycles. The number of benzene rings is 1. The SMILES string of the molecule is C[C@@H]1C[C@H](C)CN(S(=O)(=O)c2csc(C(=O)Nc3nnc(-c4cc(Cl)cc(Cl)c4)o3)c2)C1. The second-order valence-corrected chi connectivity index (χ2v) is 11.7. The first-order chi connectivity index (χ1) is 15.1. The van der Waals surface area contributed by atoms with Crippen LogP contribution >= 0.6 is 34.5 Å². The Bertz CT molecular complexity index is 1230. The van der Waals surface area contributed by atoms with Crippen molar-refractivity contribution in [2.45, 2.75) is 25.2 Å². The smallest absolute Gasteiger partial charge is 0.322 e. The molecule has 1 aliphatic heterocycles. The van der Waals surface area contributed by atoms with Crippen LogP contribution in [0.4, 0.5) is 6.01 Å². The summed E-state index contributed by atoms with van der Waals surface area (Å²) in [5.74, 6) is 0.163. The molecule has 0 radical (unpaired) electrons. The topological polar surface area (TPSA) is 105 Å². The molecule has 0 unspecified atom stereocenters. The fourth-order valence-electron chi connectivity index (χ4n) is 3.75. The summed E-state index contributed by atoms with van der Waals surface area (Å²) in [5, 5.41) is 12.5. The molecule has 32 heavy (non-hydrogen) atoms. The van der Waals surface area contributed by atoms with Crippen molar-refractivity contribution in [1.29, 1.82) is 0 Å². The molecule has 0 bridgehead atoms. The van der Waals surface area contributed by atoms with Gasteiger partial charge in [0.15, 0.2) is 0 Å². The van der Waals surface area contributed by atoms with E-state index in [2.05, 4.69) is 15.5 Å². The highest BCUT2D eigenvalue weighted by atomic mass is 35.5. The standard InChI is InChI=1S/C20H20Cl2N4O4S2/c1-11-3-12(2)9-26(8-11)32(28,29)16-7-17(31-10-16)18(27)23-20-25-24-19(30-20)13-4-14(21)6-15(22)5-13/h4-7,10-12H,3,8-9H2,1-2H3,(H,23,25,27)/t11-,12+. The van der Waals surface area contributed by atoms with Crippen molar-refractivity contribution in [3.63, 3.8) is 0 Å². The van der Waals surface area contributed by atoms with Crippen LogP contribution in [0.3, 0.4) is 0 Å². The van der Waals surface area contributed by atoms with E-state index >= 15 is 0 Å². The third-order valence-electron chi connectivity index (χ3n) is 5.03. The third kappa shape index (κ3) is 4.99. The van der Waals surface area contributed by atoms with Gasteiger partial charge in [0.25, 0.3) is 5.91 Å². The zero-order valence-corrected chi connectivity index (χ0v) is 20.4. The molecule has 0 saturated carbocycles. The maximum Gasteiger partial charge on any atom is 0.322 e. The number of nitrogens with one attached hydrogen (secondary N) is 1. The van der Waals surface area contributed by atoms with Crippen LogP contribution in [0.1, 0.15) is 29.9 Å². The molecule has 170 valence electrons. The van der Waals surface area contributed by atoms with Gasteiger partial charge >= 0.3 is 6.01 Å². The van der Waals surface area contributed by atoms with Crippen LogP contribution in [0.15, 0.2) is 39.0 Å². The molecule has 4 rings (SSSR count). The van der Waals surface area contributed by atoms with Crippen LogP contribution in [-0.2, 0) is 10.0 Å². The Morgan fingerprint density at radius 2 is 1.78 bits per heavy atom. The van der Waals surface area contributed by atoms with Crippen LogP contribution in [0.2, 0.25) is 10.0 Å². The minimum absolute atomic E-state index is 0.105. The summed E-state index contributed by atoms with van der Waals surface area (Å²) in [5.41, 5.74) is 0.505. The van der Waals surface area contributed by atoms with Crippen LogP contribution in [-0.4, -0.2) is 41.9 Å². The minimum Gasteiger partial charge on any atom is -0.403 e. The monoisotopic (exact) mass is 514 g/mol. The Morgan fingerprint density at radius 1 is 1.12 bits per heavy atom. The number of amides is 1. The van der Waals surface area contributed by atoms with Crippen molar-refractivity contribution in [3.8, 4) is 11.5 Å². The molecule has 0 aliphatic carbocycles. The van der Waals surface area contributed by atoms with Crippen LogP contribution < -0.4 is 5.32 Å². The number of aromatic nitrogens is 2. The lowest BCUT2D eigenvalue weighted by Crippen LogP contribution is -2.42. The van der Waals surface area contributed by atoms with Crippen molar-refractivity contribution in [2.24, 2.45) is 11.8 Å². The average Bonchev–Trinajstić information content (AvgIpc) is 3.36. The number of anilines is 1. The van der Waals surface area contributed by atoms with Crippen molar-refractivity contribution in [3.05, 3.63) is 44.6 Å². The molecule has 0 spiro atoms. The van der Waals surface area contributed by atoms with E-state index in [0.29, 0.717) is 28.7 Å². The Morgan fingerprint density at radius 3 is 2.44 bits per heavy atom. The fraction of sp³-hybridized carbons (Fsp3) is 0.350. The van der Waals surface area contributed by atoms with Crippen molar-refractivity contribution in [2.75, 3.05) is 18.4 Å². The Kier molecular flexibility index (Phi) is 6.60. The van der Waals surface area contributed by atoms with E-state index in [-0.39, 0.29) is 33.5 Å². The lowest BCUT2D eigenvalue weighted by molar-refractivity contribution is 0.102. The normalized spacial score (nSPS) is 19.8. The van der Waals surface area contributed by atoms with E-state index in [9.17, 15) is 13.2 Å². The largest absolute Gasteiger partial charge is 0.403 e. The quantitative estimate of drug-likeness (QED) is 0.512. The number of hydrogen-bond acceptors (Lipinski definition) is 7. The molecule has 1 fully saturated rings. The van der Waals surface area contributed by atoms with Gasteiger partial charge in [-0.15, -0.1) is 16.4 Å². The summed E-state index contributed by atoms with van der Waals surface area (Å²) >= 11 is 13.0. The summed E-state index contributed by atoms with van der Waals surface area (Å²) in [4.78, 5) is 12.9. The first-order valence-electron chi connectivity index (χ1n) is 9.82. The van der Waals surface area contributed by atoms with Gasteiger partial charge in [-0.25, -0.2) is 8.42 Å². The molecule has 3 aromatic rings. The van der Waals surface area contributed by atoms with Gasteiger partial charge in [0.1, 0.15) is 0 Å². The number of nitrogens with zero attached hydrogens (tertiary/aromatic N) is 3. The van der Waals surface area contributed by atoms with Crippen LogP contribution in [0.5, 0.6) is 0 Å². The highest BCUT2D eigenvalue weighted by Gasteiger charge is 2.32. The van der Waals surface area contributed by atoms with Gasteiger partial charge in [-0.05, 0) is 42.5 Å². The minimum atomic E-state index is -3.67. The third-order valence-corrected chi connectivity index (χ3v) is 8.35. The lowest BCUT2D eigenvalue weighted by atomic mass is 9.94. The summed E-state index contributed by atoms with van der Waals surface area (Å²) in [6.45, 7) is 5.03. The van der Waals surface area contributed by atoms with Crippen molar-refractivity contribution < 1.29 is 17.6 Å². The molecule has 2 aromatic heterocycles. The van der Waals surface area contributed by atoms with Gasteiger partial charge in [-0.3, -0.25) is 10.1 Å². The first-order valence-corrected chi connectivity index (χ1v) is 12.9. The molecule has 12 heteroatoms. The molecule has 1 aromatic carbocycles. The molecule has 1 N–H and O–H groups in total. The summed E-state index contributed by atoms with van der Waals surface area (Å²) in [6, 6.07) is 6.01. The van der Waals surface area contributed by atoms with Crippen molar-refractivity contribution in [1.82, 2.24) is 14.5 Å². The van der Waals surface area contributed by atoms with E-state index in [1.54, 1.807) is 18.2 Å². The molecule has 2 atom stereocenters. The number of thiophene rings is 1. The lowest BCUT2D eigenvalue weighted by Gasteiger charge is -2.33. The molecule has 1 saturated heterocycles. The van der Waals surface area contributed by atoms with Gasteiger partial charge in [-0.2, -0.15) is 4.31 Å². The zero-order chi connectivity index (χ0) is 23.0. The second kappa shape index (κ2) is 9.11. The van der Waals surface area contributed by atoms with Gasteiger partial charge in [0.05, 0.1) is 9.77 Å². The summed E-state index contributed by atoms with van der Waals surface area (Å²) in [6.07, 6.45) is 0.997. The van der Waals surface area contributed by atoms with E-state index in [4.69, 9.17) is 27.6 Å². The summed E-state index contributed by atoms with van der Waals surface area (Å²) < 4.78 is 33.0. The number of piperidine rings is 1. The van der Waals surface area contributed by atoms with Crippen molar-refractivity contribution >= 4 is 56.5 Å². The predicted octanol–water partition coefficient (Wildman–Crippen LogP) is 5.02. The molecular weight excluding hydrogens is 495 g/mol. The number of carbonyl (C=O) groups excluding carboxylic acids is 1. The van der Waals surface area contributed by atoms with E-state index in [1.807, 2.05) is 13.8 Å². The van der Waals surface area contributed by atoms with Gasteiger partial charge in [0, 0.05) is 34.1 Å². The number of halogens is 2. The fourth-order valence-corrected chi connectivity index (χ4v) is 7.11. The number of carbonyl (C=O) groups is 1. The average molecular weight is 515 g/mol. The number of hydrogen-bond donors (Lipinski definition) is 1. The highest BCUT2D eigenvalue weighted by Crippen LogP contribution is 2.30. The van der Waals surface area contributed by atoms with Gasteiger partial charge in [0.2, 0.25) is 15.9 Å². The molecule has 8 nitrogen and oxygen atoms in total. The van der Waals surface area contributed by atoms with E-state index < -0.39 is 15.9 Å². The first kappa shape index (κ1) is 23.2. The predicted molar refractivity (Wildman–Crippen MR) is 124 cm³/mol. The Labute approximate surface area is 199 Å². The van der Waals surface area contributed by atoms with E-state index in [0.717, 1.165) is 17.8 Å². The van der Waals surface area contributed by atoms with Gasteiger partial charge < -0.3 is 4.42 Å². The molecular formula is C20H20Cl2N4O4S2. The van der Waals surface area contributed by atoms with E-state index in [1.165, 1.54) is 15.8 Å². The molecule has 1 amide bonds. The second-order valence-electron chi connectivity index (χ2n) is 7.94. The molecule has 1 aliphatic rings. The maximum atomic E-state index is 13.0.